The van der Waals surface area contributed by atoms with Crippen LogP contribution in [0.3, 0.4) is 0 Å². The van der Waals surface area contributed by atoms with Crippen molar-refractivity contribution >= 4 is 5.78 Å². The van der Waals surface area contributed by atoms with Crippen LogP contribution in [0.25, 0.3) is 0 Å². The zero-order valence-electron chi connectivity index (χ0n) is 27.0. The first kappa shape index (κ1) is 37.4. The van der Waals surface area contributed by atoms with Gasteiger partial charge in [0.2, 0.25) is 6.29 Å². The molecule has 0 radical (unpaired) electrons. The van der Waals surface area contributed by atoms with E-state index in [1.807, 2.05) is 0 Å². The van der Waals surface area contributed by atoms with Crippen LogP contribution in [0.4, 0.5) is 0 Å². The maximum atomic E-state index is 13.1. The summed E-state index contributed by atoms with van der Waals surface area (Å²) in [6, 6.07) is 6.74. The maximum absolute atomic E-state index is 13.1. The molecule has 19 nitrogen and oxygen atoms in total. The predicted molar refractivity (Wildman–Crippen MR) is 163 cm³/mol. The molecule has 0 unspecified atom stereocenters. The lowest BCUT2D eigenvalue weighted by atomic mass is 9.95. The number of rotatable bonds is 11. The second-order valence-corrected chi connectivity index (χ2v) is 12.8. The Morgan fingerprint density at radius 3 is 2.27 bits per heavy atom. The number of Topliss-reactive ketones (excluding diaryl/α,β-unsaturated/α-hetero) is 1. The fourth-order valence-electron chi connectivity index (χ4n) is 6.21. The highest BCUT2D eigenvalue weighted by molar-refractivity contribution is 6.02. The topological polar surface area (TPSA) is 293 Å². The molecule has 0 amide bonds. The number of phenols is 2. The number of phenolic OH excluding ortho intramolecular Hbond substituents is 2. The molecule has 0 spiro atoms. The molecule has 0 saturated carbocycles. The fourth-order valence-corrected chi connectivity index (χ4v) is 6.21. The van der Waals surface area contributed by atoms with Gasteiger partial charge in [-0.1, -0.05) is 6.07 Å². The van der Waals surface area contributed by atoms with E-state index in [-0.39, 0.29) is 35.0 Å². The van der Waals surface area contributed by atoms with Crippen LogP contribution in [0.15, 0.2) is 30.3 Å². The number of carbonyl (C=O) groups is 1. The minimum atomic E-state index is -2.18. The third-order valence-corrected chi connectivity index (χ3v) is 9.30. The number of benzene rings is 2. The van der Waals surface area contributed by atoms with Crippen LogP contribution in [0.2, 0.25) is 0 Å². The van der Waals surface area contributed by atoms with Crippen molar-refractivity contribution in [2.24, 2.45) is 0 Å². The predicted octanol–water partition coefficient (Wildman–Crippen LogP) is -3.08. The SMILES string of the molecule is COc1cc([C@H]2CC(=O)c3c(O)cc(O[C@@H]4O[C@@H](CO)[C@@H](O)[C@H](O)[C@@H]4O[C@@H]4OC[C@](O)(CO[C@@H]5OC[C@](O)(CO)[C@H]5O)[C@H]4O)cc3O2)ccc1O. The molecule has 10 N–H and O–H groups in total. The number of aromatic hydroxyl groups is 2. The van der Waals surface area contributed by atoms with Gasteiger partial charge >= 0.3 is 0 Å². The molecule has 19 heteroatoms. The zero-order valence-corrected chi connectivity index (χ0v) is 27.0. The molecule has 12 atom stereocenters. The second kappa shape index (κ2) is 14.5. The number of aliphatic hydroxyl groups is 8. The van der Waals surface area contributed by atoms with Gasteiger partial charge in [-0.2, -0.15) is 0 Å². The van der Waals surface area contributed by atoms with Crippen molar-refractivity contribution in [3.8, 4) is 28.7 Å². The van der Waals surface area contributed by atoms with Crippen molar-refractivity contribution in [2.75, 3.05) is 40.1 Å². The quantitative estimate of drug-likeness (QED) is 0.110. The summed E-state index contributed by atoms with van der Waals surface area (Å²) in [6.07, 6.45) is -16.0. The van der Waals surface area contributed by atoms with Gasteiger partial charge in [0.15, 0.2) is 36.0 Å². The van der Waals surface area contributed by atoms with Gasteiger partial charge in [0.25, 0.3) is 0 Å². The van der Waals surface area contributed by atoms with Gasteiger partial charge in [0.05, 0.1) is 46.6 Å². The molecule has 3 fully saturated rings. The summed E-state index contributed by atoms with van der Waals surface area (Å²) in [5, 5.41) is 104. The normalized spacial score (nSPS) is 37.9. The van der Waals surface area contributed by atoms with Gasteiger partial charge in [-0.15, -0.1) is 0 Å². The highest BCUT2D eigenvalue weighted by atomic mass is 16.8. The molecular weight excluding hydrogens is 688 g/mol. The van der Waals surface area contributed by atoms with Crippen LogP contribution >= 0.6 is 0 Å². The first-order chi connectivity index (χ1) is 24.2. The molecule has 3 saturated heterocycles. The van der Waals surface area contributed by atoms with E-state index in [0.29, 0.717) is 5.56 Å². The number of fused-ring (bicyclic) bond motifs is 1. The number of carbonyl (C=O) groups excluding carboxylic acids is 1. The lowest BCUT2D eigenvalue weighted by Crippen LogP contribution is -2.62. The van der Waals surface area contributed by atoms with E-state index in [0.717, 1.165) is 6.07 Å². The van der Waals surface area contributed by atoms with Crippen LogP contribution in [0.1, 0.15) is 28.4 Å². The lowest BCUT2D eigenvalue weighted by Gasteiger charge is -2.42. The molecule has 0 aliphatic carbocycles. The molecule has 4 aliphatic heterocycles. The van der Waals surface area contributed by atoms with Crippen molar-refractivity contribution < 1.29 is 93.8 Å². The summed E-state index contributed by atoms with van der Waals surface area (Å²) in [6.45, 7) is -3.36. The molecular formula is C32H40O19. The van der Waals surface area contributed by atoms with E-state index >= 15 is 0 Å². The van der Waals surface area contributed by atoms with E-state index in [2.05, 4.69) is 0 Å². The molecule has 0 bridgehead atoms. The van der Waals surface area contributed by atoms with Crippen LogP contribution in [0.5, 0.6) is 28.7 Å². The molecule has 0 aromatic heterocycles. The highest BCUT2D eigenvalue weighted by Crippen LogP contribution is 2.44. The molecule has 4 aliphatic rings. The summed E-state index contributed by atoms with van der Waals surface area (Å²) in [5.41, 5.74) is -3.82. The highest BCUT2D eigenvalue weighted by Gasteiger charge is 2.55. The van der Waals surface area contributed by atoms with Gasteiger partial charge in [0, 0.05) is 12.1 Å². The molecule has 2 aromatic carbocycles. The van der Waals surface area contributed by atoms with Crippen LogP contribution in [-0.2, 0) is 23.7 Å². The summed E-state index contributed by atoms with van der Waals surface area (Å²) >= 11 is 0. The molecule has 4 heterocycles. The Morgan fingerprint density at radius 1 is 0.882 bits per heavy atom. The third-order valence-electron chi connectivity index (χ3n) is 9.30. The first-order valence-electron chi connectivity index (χ1n) is 15.9. The molecule has 282 valence electrons. The smallest absolute Gasteiger partial charge is 0.229 e. The Morgan fingerprint density at radius 2 is 1.59 bits per heavy atom. The third kappa shape index (κ3) is 7.05. The number of hydrogen-bond acceptors (Lipinski definition) is 19. The fraction of sp³-hybridized carbons (Fsp3) is 0.594. The summed E-state index contributed by atoms with van der Waals surface area (Å²) in [7, 11) is 1.36. The first-order valence-corrected chi connectivity index (χ1v) is 15.9. The second-order valence-electron chi connectivity index (χ2n) is 12.8. The summed E-state index contributed by atoms with van der Waals surface area (Å²) < 4.78 is 44.5. The van der Waals surface area contributed by atoms with E-state index in [4.69, 9.17) is 37.9 Å². The number of ether oxygens (including phenoxy) is 8. The Bertz CT molecular complexity index is 1570. The molecule has 51 heavy (non-hydrogen) atoms. The van der Waals surface area contributed by atoms with Crippen molar-refractivity contribution in [3.05, 3.63) is 41.5 Å². The Labute approximate surface area is 289 Å². The number of ketones is 1. The zero-order chi connectivity index (χ0) is 36.8. The van der Waals surface area contributed by atoms with Gasteiger partial charge < -0.3 is 89.0 Å². The van der Waals surface area contributed by atoms with Crippen molar-refractivity contribution in [1.82, 2.24) is 0 Å². The van der Waals surface area contributed by atoms with Crippen LogP contribution in [0, 0.1) is 0 Å². The summed E-state index contributed by atoms with van der Waals surface area (Å²) in [5.74, 6) is -1.21. The standard InChI is InChI=1S/C32H40O19/c1-44-19-4-13(2-3-15(19)35)18-7-17(37)22-16(36)5-14(6-20(22)49-18)48-28-25(24(39)23(38)21(8-33)50-28)51-30-27(41)32(43,12-47-30)11-46-29-26(40)31(42,9-34)10-45-29/h2-6,18,21,23-30,33-36,38-43H,7-12H2,1H3/t18-,21+,23-,24+,25+,26+,27+,28-,29+,30+,31-,32-/m1/s1. The number of aliphatic hydroxyl groups excluding tert-OH is 6. The van der Waals surface area contributed by atoms with Gasteiger partial charge in [-0.3, -0.25) is 4.79 Å². The Balaban J connectivity index is 1.18. The van der Waals surface area contributed by atoms with Crippen molar-refractivity contribution in [1.29, 1.82) is 0 Å². The van der Waals surface area contributed by atoms with Gasteiger partial charge in [-0.25, -0.2) is 0 Å². The van der Waals surface area contributed by atoms with Crippen LogP contribution < -0.4 is 14.2 Å². The van der Waals surface area contributed by atoms with E-state index < -0.39 is 117 Å². The molecule has 6 rings (SSSR count). The largest absolute Gasteiger partial charge is 0.507 e. The average Bonchev–Trinajstić information content (AvgIpc) is 3.56. The van der Waals surface area contributed by atoms with Gasteiger partial charge in [0.1, 0.15) is 70.6 Å². The van der Waals surface area contributed by atoms with Crippen molar-refractivity contribution in [2.45, 2.75) is 79.2 Å². The number of hydrogen-bond donors (Lipinski definition) is 10. The minimum Gasteiger partial charge on any atom is -0.507 e. The monoisotopic (exact) mass is 728 g/mol. The van der Waals surface area contributed by atoms with E-state index in [9.17, 15) is 55.9 Å². The maximum Gasteiger partial charge on any atom is 0.229 e. The Kier molecular flexibility index (Phi) is 10.7. The van der Waals surface area contributed by atoms with E-state index in [1.165, 1.54) is 31.4 Å². The average molecular weight is 729 g/mol. The molecule has 2 aromatic rings. The van der Waals surface area contributed by atoms with E-state index in [1.54, 1.807) is 0 Å². The summed E-state index contributed by atoms with van der Waals surface area (Å²) in [4.78, 5) is 13.1. The van der Waals surface area contributed by atoms with Crippen molar-refractivity contribution in [3.63, 3.8) is 0 Å². The van der Waals surface area contributed by atoms with Gasteiger partial charge in [-0.05, 0) is 17.7 Å². The number of methoxy groups -OCH3 is 1. The minimum absolute atomic E-state index is 0.0840. The van der Waals surface area contributed by atoms with Crippen LogP contribution in [-0.4, -0.2) is 164 Å². The Hall–Kier alpha value is -3.41. The lowest BCUT2D eigenvalue weighted by molar-refractivity contribution is -0.319.